The normalized spacial score (nSPS) is 12.5. The Balaban J connectivity index is 2.34. The Morgan fingerprint density at radius 3 is 2.71 bits per heavy atom. The minimum Gasteiger partial charge on any atom is -0.354 e. The van der Waals surface area contributed by atoms with Crippen molar-refractivity contribution in [2.24, 2.45) is 11.7 Å². The maximum atomic E-state index is 12.4. The van der Waals surface area contributed by atoms with Crippen LogP contribution >= 0.6 is 0 Å². The summed E-state index contributed by atoms with van der Waals surface area (Å²) >= 11 is 0. The van der Waals surface area contributed by atoms with Gasteiger partial charge in [0.2, 0.25) is 5.95 Å². The van der Waals surface area contributed by atoms with Gasteiger partial charge < -0.3 is 11.1 Å². The molecular weight excluding hydrogens is 183 g/mol. The van der Waals surface area contributed by atoms with E-state index in [1.54, 1.807) is 0 Å². The number of rotatable bonds is 5. The highest BCUT2D eigenvalue weighted by Gasteiger charge is 2.01. The number of hydrogen-bond donors (Lipinski definition) is 2. The molecule has 0 fully saturated rings. The van der Waals surface area contributed by atoms with E-state index in [0.717, 1.165) is 25.4 Å². The SMILES string of the molecule is CC(CCN)CNc1ncc(F)cn1. The first-order valence-electron chi connectivity index (χ1n) is 4.64. The van der Waals surface area contributed by atoms with Crippen LogP contribution in [0.5, 0.6) is 0 Å². The van der Waals surface area contributed by atoms with Crippen molar-refractivity contribution in [2.45, 2.75) is 13.3 Å². The van der Waals surface area contributed by atoms with Crippen LogP contribution in [0.2, 0.25) is 0 Å². The molecular formula is C9H15FN4. The van der Waals surface area contributed by atoms with Gasteiger partial charge in [0, 0.05) is 6.54 Å². The summed E-state index contributed by atoms with van der Waals surface area (Å²) in [5.41, 5.74) is 5.41. The van der Waals surface area contributed by atoms with Crippen LogP contribution in [0.4, 0.5) is 10.3 Å². The van der Waals surface area contributed by atoms with Gasteiger partial charge in [0.1, 0.15) is 0 Å². The molecule has 3 N–H and O–H groups in total. The monoisotopic (exact) mass is 198 g/mol. The van der Waals surface area contributed by atoms with Crippen molar-refractivity contribution in [3.8, 4) is 0 Å². The first-order valence-corrected chi connectivity index (χ1v) is 4.64. The summed E-state index contributed by atoms with van der Waals surface area (Å²) in [5, 5.41) is 3.01. The standard InChI is InChI=1S/C9H15FN4/c1-7(2-3-11)4-12-9-13-5-8(10)6-14-9/h5-7H,2-4,11H2,1H3,(H,12,13,14). The molecule has 0 aliphatic carbocycles. The third-order valence-corrected chi connectivity index (χ3v) is 1.89. The van der Waals surface area contributed by atoms with Gasteiger partial charge in [-0.2, -0.15) is 0 Å². The van der Waals surface area contributed by atoms with E-state index in [0.29, 0.717) is 18.4 Å². The predicted octanol–water partition coefficient (Wildman–Crippen LogP) is 1.01. The Kier molecular flexibility index (Phi) is 4.25. The van der Waals surface area contributed by atoms with Gasteiger partial charge in [-0.05, 0) is 18.9 Å². The first kappa shape index (κ1) is 10.8. The van der Waals surface area contributed by atoms with Crippen LogP contribution < -0.4 is 11.1 Å². The minimum atomic E-state index is -0.425. The number of hydrogen-bond acceptors (Lipinski definition) is 4. The lowest BCUT2D eigenvalue weighted by Gasteiger charge is -2.10. The Morgan fingerprint density at radius 1 is 1.50 bits per heavy atom. The van der Waals surface area contributed by atoms with Crippen molar-refractivity contribution in [2.75, 3.05) is 18.4 Å². The Morgan fingerprint density at radius 2 is 2.14 bits per heavy atom. The largest absolute Gasteiger partial charge is 0.354 e. The van der Waals surface area contributed by atoms with E-state index in [9.17, 15) is 4.39 Å². The van der Waals surface area contributed by atoms with Crippen molar-refractivity contribution in [1.29, 1.82) is 0 Å². The van der Waals surface area contributed by atoms with Crippen molar-refractivity contribution in [3.05, 3.63) is 18.2 Å². The van der Waals surface area contributed by atoms with Gasteiger partial charge in [-0.3, -0.25) is 0 Å². The van der Waals surface area contributed by atoms with Crippen LogP contribution in [0.15, 0.2) is 12.4 Å². The van der Waals surface area contributed by atoms with Gasteiger partial charge in [-0.1, -0.05) is 6.92 Å². The highest BCUT2D eigenvalue weighted by molar-refractivity contribution is 5.22. The van der Waals surface area contributed by atoms with Gasteiger partial charge in [0.15, 0.2) is 5.82 Å². The van der Waals surface area contributed by atoms with Gasteiger partial charge in [-0.15, -0.1) is 0 Å². The number of nitrogens with one attached hydrogen (secondary N) is 1. The fourth-order valence-electron chi connectivity index (χ4n) is 1.06. The maximum absolute atomic E-state index is 12.4. The van der Waals surface area contributed by atoms with Gasteiger partial charge in [0.25, 0.3) is 0 Å². The van der Waals surface area contributed by atoms with Crippen LogP contribution in [0.3, 0.4) is 0 Å². The second-order valence-electron chi connectivity index (χ2n) is 3.29. The molecule has 0 saturated heterocycles. The average molecular weight is 198 g/mol. The predicted molar refractivity (Wildman–Crippen MR) is 53.3 cm³/mol. The Labute approximate surface area is 82.8 Å². The molecule has 0 aliphatic rings. The molecule has 0 aliphatic heterocycles. The van der Waals surface area contributed by atoms with E-state index in [2.05, 4.69) is 22.2 Å². The zero-order valence-corrected chi connectivity index (χ0v) is 8.20. The summed E-state index contributed by atoms with van der Waals surface area (Å²) in [6.45, 7) is 3.51. The molecule has 0 saturated carbocycles. The molecule has 1 aromatic heterocycles. The second-order valence-corrected chi connectivity index (χ2v) is 3.29. The molecule has 0 amide bonds. The smallest absolute Gasteiger partial charge is 0.222 e. The van der Waals surface area contributed by atoms with Gasteiger partial charge in [0.05, 0.1) is 12.4 Å². The molecule has 1 aromatic rings. The molecule has 1 rings (SSSR count). The fourth-order valence-corrected chi connectivity index (χ4v) is 1.06. The highest BCUT2D eigenvalue weighted by atomic mass is 19.1. The van der Waals surface area contributed by atoms with E-state index >= 15 is 0 Å². The molecule has 0 aromatic carbocycles. The van der Waals surface area contributed by atoms with Gasteiger partial charge >= 0.3 is 0 Å². The molecule has 4 nitrogen and oxygen atoms in total. The lowest BCUT2D eigenvalue weighted by atomic mass is 10.1. The van der Waals surface area contributed by atoms with Crippen molar-refractivity contribution >= 4 is 5.95 Å². The van der Waals surface area contributed by atoms with E-state index < -0.39 is 5.82 Å². The lowest BCUT2D eigenvalue weighted by molar-refractivity contribution is 0.565. The zero-order valence-electron chi connectivity index (χ0n) is 8.20. The third-order valence-electron chi connectivity index (χ3n) is 1.89. The summed E-state index contributed by atoms with van der Waals surface area (Å²) in [7, 11) is 0. The van der Waals surface area contributed by atoms with E-state index in [-0.39, 0.29) is 0 Å². The van der Waals surface area contributed by atoms with Crippen LogP contribution in [0, 0.1) is 11.7 Å². The molecule has 1 unspecified atom stereocenters. The molecule has 0 radical (unpaired) electrons. The van der Waals surface area contributed by atoms with Crippen molar-refractivity contribution < 1.29 is 4.39 Å². The van der Waals surface area contributed by atoms with E-state index in [1.165, 1.54) is 0 Å². The van der Waals surface area contributed by atoms with Gasteiger partial charge in [-0.25, -0.2) is 14.4 Å². The number of aromatic nitrogens is 2. The lowest BCUT2D eigenvalue weighted by Crippen LogP contribution is -2.16. The second kappa shape index (κ2) is 5.49. The minimum absolute atomic E-state index is 0.425. The molecule has 0 spiro atoms. The summed E-state index contributed by atoms with van der Waals surface area (Å²) in [4.78, 5) is 7.56. The molecule has 5 heteroatoms. The maximum Gasteiger partial charge on any atom is 0.222 e. The zero-order chi connectivity index (χ0) is 10.4. The van der Waals surface area contributed by atoms with Crippen molar-refractivity contribution in [3.63, 3.8) is 0 Å². The average Bonchev–Trinajstić information content (AvgIpc) is 2.17. The summed E-state index contributed by atoms with van der Waals surface area (Å²) < 4.78 is 12.4. The van der Waals surface area contributed by atoms with Crippen molar-refractivity contribution in [1.82, 2.24) is 9.97 Å². The Bertz CT molecular complexity index is 262. The summed E-state index contributed by atoms with van der Waals surface area (Å²) in [5.74, 6) is 0.495. The van der Waals surface area contributed by atoms with Crippen LogP contribution in [-0.2, 0) is 0 Å². The third kappa shape index (κ3) is 3.66. The number of nitrogens with two attached hydrogens (primary N) is 1. The quantitative estimate of drug-likeness (QED) is 0.741. The molecule has 14 heavy (non-hydrogen) atoms. The highest BCUT2D eigenvalue weighted by Crippen LogP contribution is 2.03. The van der Waals surface area contributed by atoms with Crippen LogP contribution in [0.25, 0.3) is 0 Å². The number of anilines is 1. The van der Waals surface area contributed by atoms with Crippen LogP contribution in [-0.4, -0.2) is 23.1 Å². The summed E-state index contributed by atoms with van der Waals surface area (Å²) in [6.07, 6.45) is 3.24. The first-order chi connectivity index (χ1) is 6.72. The topological polar surface area (TPSA) is 63.8 Å². The van der Waals surface area contributed by atoms with E-state index in [4.69, 9.17) is 5.73 Å². The summed E-state index contributed by atoms with van der Waals surface area (Å²) in [6, 6.07) is 0. The molecule has 78 valence electrons. The fraction of sp³-hybridized carbons (Fsp3) is 0.556. The Hall–Kier alpha value is -1.23. The van der Waals surface area contributed by atoms with Crippen LogP contribution in [0.1, 0.15) is 13.3 Å². The molecule has 0 bridgehead atoms. The number of nitrogens with zero attached hydrogens (tertiary/aromatic N) is 2. The van der Waals surface area contributed by atoms with E-state index in [1.807, 2.05) is 0 Å². The molecule has 1 heterocycles. The number of halogens is 1. The molecule has 1 atom stereocenters.